The Hall–Kier alpha value is -3.87. The van der Waals surface area contributed by atoms with E-state index in [9.17, 15) is 13.6 Å². The van der Waals surface area contributed by atoms with Crippen molar-refractivity contribution in [1.82, 2.24) is 14.8 Å². The fourth-order valence-electron chi connectivity index (χ4n) is 4.85. The predicted octanol–water partition coefficient (Wildman–Crippen LogP) is 5.56. The lowest BCUT2D eigenvalue weighted by molar-refractivity contribution is -0.127. The Morgan fingerprint density at radius 2 is 1.85 bits per heavy atom. The lowest BCUT2D eigenvalue weighted by atomic mass is 9.78. The maximum atomic E-state index is 13.8. The number of pyridine rings is 1. The molecule has 212 valence electrons. The highest BCUT2D eigenvalue weighted by atomic mass is 35.5. The van der Waals surface area contributed by atoms with E-state index in [1.54, 1.807) is 24.4 Å². The number of aromatic nitrogens is 3. The first kappa shape index (κ1) is 27.3. The first-order chi connectivity index (χ1) is 19.8. The van der Waals surface area contributed by atoms with Crippen molar-refractivity contribution in [2.75, 3.05) is 47.5 Å². The van der Waals surface area contributed by atoms with Crippen LogP contribution >= 0.6 is 23.5 Å². The molecular formula is C28H25ClF2N6O3S. The van der Waals surface area contributed by atoms with E-state index in [1.165, 1.54) is 41.2 Å². The zero-order valence-electron chi connectivity index (χ0n) is 21.9. The van der Waals surface area contributed by atoms with Gasteiger partial charge in [0.1, 0.15) is 18.2 Å². The molecule has 0 atom stereocenters. The number of ether oxygens (including phenoxy) is 2. The second-order valence-electron chi connectivity index (χ2n) is 10.1. The minimum absolute atomic E-state index is 0.0968. The van der Waals surface area contributed by atoms with Crippen molar-refractivity contribution in [3.63, 3.8) is 0 Å². The molecule has 4 heterocycles. The molecule has 2 aromatic carbocycles. The van der Waals surface area contributed by atoms with E-state index in [4.69, 9.17) is 21.1 Å². The number of hydrogen-bond donors (Lipinski definition) is 2. The van der Waals surface area contributed by atoms with Crippen LogP contribution in [0.25, 0.3) is 5.82 Å². The molecule has 4 aromatic rings. The van der Waals surface area contributed by atoms with Gasteiger partial charge < -0.3 is 24.4 Å². The second kappa shape index (κ2) is 11.2. The highest BCUT2D eigenvalue weighted by Crippen LogP contribution is 2.41. The maximum Gasteiger partial charge on any atom is 0.258 e. The van der Waals surface area contributed by atoms with Crippen molar-refractivity contribution in [1.29, 1.82) is 0 Å². The topological polar surface area (TPSA) is 93.5 Å². The number of anilines is 3. The number of nitrogens with zero attached hydrogens (tertiary/aromatic N) is 4. The van der Waals surface area contributed by atoms with E-state index >= 15 is 0 Å². The van der Waals surface area contributed by atoms with Gasteiger partial charge in [-0.05, 0) is 35.9 Å². The van der Waals surface area contributed by atoms with E-state index in [2.05, 4.69) is 25.0 Å². The van der Waals surface area contributed by atoms with Crippen LogP contribution in [0.5, 0.6) is 5.75 Å². The lowest BCUT2D eigenvalue weighted by Gasteiger charge is -2.55. The Bertz CT molecular complexity index is 1590. The lowest BCUT2D eigenvalue weighted by Crippen LogP contribution is -2.66. The molecule has 0 aliphatic carbocycles. The molecule has 9 nitrogen and oxygen atoms in total. The highest BCUT2D eigenvalue weighted by Gasteiger charge is 2.49. The van der Waals surface area contributed by atoms with Crippen molar-refractivity contribution in [3.05, 3.63) is 88.8 Å². The monoisotopic (exact) mass is 598 g/mol. The number of rotatable bonds is 9. The summed E-state index contributed by atoms with van der Waals surface area (Å²) < 4.78 is 43.4. The summed E-state index contributed by atoms with van der Waals surface area (Å²) in [6.45, 7) is 3.07. The van der Waals surface area contributed by atoms with Crippen molar-refractivity contribution >= 4 is 46.5 Å². The van der Waals surface area contributed by atoms with Crippen molar-refractivity contribution in [2.45, 2.75) is 6.61 Å². The first-order valence-corrected chi connectivity index (χ1v) is 14.3. The van der Waals surface area contributed by atoms with Crippen LogP contribution in [0, 0.1) is 17.0 Å². The molecule has 2 aromatic heterocycles. The minimum Gasteiger partial charge on any atom is -0.485 e. The molecule has 0 saturated carbocycles. The highest BCUT2D eigenvalue weighted by molar-refractivity contribution is 7.99. The SMILES string of the molecule is CSNc1cc(Cl)cc(NC(=O)c2cnn(-c3ncc(N4CC5(COC5)C4)cc3OCc3cc(F)cc(F)c3)c2)c1. The third-order valence-electron chi connectivity index (χ3n) is 6.81. The summed E-state index contributed by atoms with van der Waals surface area (Å²) in [6.07, 6.45) is 6.54. The molecule has 0 radical (unpaired) electrons. The molecule has 1 amide bonds. The Morgan fingerprint density at radius 3 is 2.56 bits per heavy atom. The summed E-state index contributed by atoms with van der Waals surface area (Å²) in [4.78, 5) is 19.8. The average molecular weight is 599 g/mol. The average Bonchev–Trinajstić information content (AvgIpc) is 3.36. The molecule has 0 unspecified atom stereocenters. The third-order valence-corrected chi connectivity index (χ3v) is 7.46. The van der Waals surface area contributed by atoms with Gasteiger partial charge in [-0.25, -0.2) is 18.4 Å². The van der Waals surface area contributed by atoms with Crippen LogP contribution in [0.2, 0.25) is 5.02 Å². The van der Waals surface area contributed by atoms with Crippen molar-refractivity contribution in [3.8, 4) is 11.6 Å². The van der Waals surface area contributed by atoms with Gasteiger partial charge in [0.2, 0.25) is 0 Å². The van der Waals surface area contributed by atoms with Gasteiger partial charge in [0.15, 0.2) is 11.6 Å². The summed E-state index contributed by atoms with van der Waals surface area (Å²) in [5.74, 6) is -1.11. The zero-order valence-corrected chi connectivity index (χ0v) is 23.4. The molecule has 41 heavy (non-hydrogen) atoms. The number of halogens is 3. The molecule has 2 aliphatic heterocycles. The smallest absolute Gasteiger partial charge is 0.258 e. The quantitative estimate of drug-likeness (QED) is 0.242. The van der Waals surface area contributed by atoms with Gasteiger partial charge in [-0.3, -0.25) is 4.79 Å². The van der Waals surface area contributed by atoms with E-state index in [0.29, 0.717) is 27.8 Å². The summed E-state index contributed by atoms with van der Waals surface area (Å²) in [5, 5.41) is 7.63. The molecule has 6 rings (SSSR count). The summed E-state index contributed by atoms with van der Waals surface area (Å²) >= 11 is 7.60. The van der Waals surface area contributed by atoms with Crippen LogP contribution in [0.3, 0.4) is 0 Å². The zero-order chi connectivity index (χ0) is 28.6. The molecule has 2 N–H and O–H groups in total. The normalized spacial score (nSPS) is 15.3. The molecule has 1 spiro atoms. The summed E-state index contributed by atoms with van der Waals surface area (Å²) in [5.41, 5.74) is 2.90. The Morgan fingerprint density at radius 1 is 1.10 bits per heavy atom. The van der Waals surface area contributed by atoms with Crippen LogP contribution in [0.15, 0.2) is 61.1 Å². The van der Waals surface area contributed by atoms with Crippen LogP contribution in [0.4, 0.5) is 25.8 Å². The first-order valence-electron chi connectivity index (χ1n) is 12.7. The van der Waals surface area contributed by atoms with Gasteiger partial charge in [0, 0.05) is 54.1 Å². The third kappa shape index (κ3) is 5.95. The van der Waals surface area contributed by atoms with E-state index in [0.717, 1.165) is 43.7 Å². The van der Waals surface area contributed by atoms with E-state index < -0.39 is 17.5 Å². The van der Waals surface area contributed by atoms with E-state index in [-0.39, 0.29) is 17.6 Å². The Labute approximate surface area is 243 Å². The molecule has 13 heteroatoms. The van der Waals surface area contributed by atoms with Gasteiger partial charge in [-0.15, -0.1) is 0 Å². The molecule has 2 saturated heterocycles. The predicted molar refractivity (Wildman–Crippen MR) is 154 cm³/mol. The number of amides is 1. The number of hydrogen-bond acceptors (Lipinski definition) is 8. The van der Waals surface area contributed by atoms with Crippen molar-refractivity contribution in [2.24, 2.45) is 5.41 Å². The van der Waals surface area contributed by atoms with Gasteiger partial charge in [0.25, 0.3) is 5.91 Å². The number of benzene rings is 2. The molecule has 2 aliphatic rings. The number of nitrogens with one attached hydrogen (secondary N) is 2. The van der Waals surface area contributed by atoms with Gasteiger partial charge in [0.05, 0.1) is 42.3 Å². The fourth-order valence-corrected chi connectivity index (χ4v) is 5.44. The van der Waals surface area contributed by atoms with Crippen LogP contribution in [0.1, 0.15) is 15.9 Å². The standard InChI is InChI=1S/C28H25ClF2N6O3S/c1-41-35-23-5-19(29)4-22(7-23)34-27(38)18-9-33-37(11-18)26-25(40-12-17-2-20(30)6-21(31)3-17)8-24(10-32-26)36-13-28(14-36)15-39-16-28/h2-11,35H,12-16H2,1H3,(H,34,38). The summed E-state index contributed by atoms with van der Waals surface area (Å²) in [6, 6.07) is 10.2. The summed E-state index contributed by atoms with van der Waals surface area (Å²) in [7, 11) is 0. The second-order valence-corrected chi connectivity index (χ2v) is 11.1. The molecule has 2 fully saturated rings. The maximum absolute atomic E-state index is 13.8. The van der Waals surface area contributed by atoms with Gasteiger partial charge in [-0.1, -0.05) is 23.5 Å². The van der Waals surface area contributed by atoms with Gasteiger partial charge in [-0.2, -0.15) is 5.10 Å². The van der Waals surface area contributed by atoms with Crippen LogP contribution in [-0.4, -0.2) is 53.2 Å². The minimum atomic E-state index is -0.692. The Balaban J connectivity index is 1.24. The molecular weight excluding hydrogens is 574 g/mol. The van der Waals surface area contributed by atoms with Crippen molar-refractivity contribution < 1.29 is 23.0 Å². The van der Waals surface area contributed by atoms with Crippen LogP contribution < -0.4 is 19.7 Å². The fraction of sp³-hybridized carbons (Fsp3) is 0.250. The van der Waals surface area contributed by atoms with E-state index in [1.807, 2.05) is 12.3 Å². The largest absolute Gasteiger partial charge is 0.485 e. The van der Waals surface area contributed by atoms with Gasteiger partial charge >= 0.3 is 0 Å². The number of carbonyl (C=O) groups excluding carboxylic acids is 1. The Kier molecular flexibility index (Phi) is 7.45. The van der Waals surface area contributed by atoms with Crippen LogP contribution in [-0.2, 0) is 11.3 Å². The number of carbonyl (C=O) groups is 1. The molecule has 0 bridgehead atoms.